The summed E-state index contributed by atoms with van der Waals surface area (Å²) in [5.74, 6) is -6.80. The van der Waals surface area contributed by atoms with Crippen LogP contribution in [-0.2, 0) is 14.3 Å². The van der Waals surface area contributed by atoms with Crippen molar-refractivity contribution in [3.8, 4) is 0 Å². The van der Waals surface area contributed by atoms with Gasteiger partial charge in [-0.2, -0.15) is 30.7 Å². The fourth-order valence-electron chi connectivity index (χ4n) is 3.40. The summed E-state index contributed by atoms with van der Waals surface area (Å²) in [6.45, 7) is 11.4. The molecule has 0 N–H and O–H groups in total. The van der Waals surface area contributed by atoms with Crippen molar-refractivity contribution >= 4 is 50.0 Å². The number of rotatable bonds is 10. The molecule has 2 rings (SSSR count). The van der Waals surface area contributed by atoms with Gasteiger partial charge in [-0.05, 0) is 24.3 Å². The van der Waals surface area contributed by atoms with E-state index >= 15 is 0 Å². The third kappa shape index (κ3) is 14.3. The molecule has 20 heteroatoms. The molecule has 2 amide bonds. The molecule has 0 aliphatic carbocycles. The average molecular weight is 773 g/mol. The van der Waals surface area contributed by atoms with Gasteiger partial charge in [0.05, 0.1) is 0 Å². The third-order valence-electron chi connectivity index (χ3n) is 6.84. The highest BCUT2D eigenvalue weighted by molar-refractivity contribution is 6.94. The van der Waals surface area contributed by atoms with E-state index in [1.807, 2.05) is 37.0 Å². The molecule has 1 atom stereocenters. The van der Waals surface area contributed by atoms with Crippen LogP contribution in [0.15, 0.2) is 73.1 Å². The minimum absolute atomic E-state index is 0.0358. The van der Waals surface area contributed by atoms with E-state index in [-0.39, 0.29) is 5.69 Å². The Morgan fingerprint density at radius 1 is 0.740 bits per heavy atom. The Bertz CT molecular complexity index is 1440. The highest BCUT2D eigenvalue weighted by Gasteiger charge is 2.65. The highest BCUT2D eigenvalue weighted by atomic mass is 28.3. The Morgan fingerprint density at radius 2 is 1.14 bits per heavy atom. The molecule has 0 aliphatic heterocycles. The van der Waals surface area contributed by atoms with Crippen molar-refractivity contribution in [2.75, 3.05) is 37.4 Å². The fourth-order valence-corrected chi connectivity index (χ4v) is 5.97. The lowest BCUT2D eigenvalue weighted by Gasteiger charge is -2.30. The molecule has 282 valence electrons. The molecule has 0 bridgehead atoms. The van der Waals surface area contributed by atoms with Gasteiger partial charge in [0.2, 0.25) is 0 Å². The van der Waals surface area contributed by atoms with Crippen molar-refractivity contribution in [3.63, 3.8) is 0 Å². The minimum atomic E-state index is -5.71. The first-order chi connectivity index (χ1) is 22.5. The molecule has 0 spiro atoms. The number of alkyl halides is 11. The van der Waals surface area contributed by atoms with E-state index in [4.69, 9.17) is 0 Å². The number of hydrogen-bond donors (Lipinski definition) is 0. The molecule has 0 aromatic heterocycles. The summed E-state index contributed by atoms with van der Waals surface area (Å²) < 4.78 is 149. The van der Waals surface area contributed by atoms with Gasteiger partial charge in [-0.15, -0.1) is 30.7 Å². The van der Waals surface area contributed by atoms with Crippen molar-refractivity contribution in [3.05, 3.63) is 73.1 Å². The van der Waals surface area contributed by atoms with Crippen LogP contribution in [0.5, 0.6) is 0 Å². The number of carbonyl (C=O) groups excluding carboxylic acids is 2. The first-order valence-corrected chi connectivity index (χ1v) is 20.1. The van der Waals surface area contributed by atoms with E-state index in [9.17, 15) is 62.3 Å². The monoisotopic (exact) mass is 772 g/mol. The molecule has 0 fully saturated rings. The molecular formula is C30H36F12N2O4Si2. The summed E-state index contributed by atoms with van der Waals surface area (Å²) in [6, 6.07) is 13.5. The highest BCUT2D eigenvalue weighted by Crippen LogP contribution is 2.37. The van der Waals surface area contributed by atoms with Crippen molar-refractivity contribution in [2.24, 2.45) is 0 Å². The SMILES string of the molecule is C=C[Si](C)(C)c1cccc(N(C)C(=O)C(F)(OCF)C(F)(F)F)c1.C=C[Si](C)(C)c1cccc(N(C)C(=O)F)c1.FC(F)(F)COC(F)(F)F. The fraction of sp³-hybridized carbons (Fsp3) is 0.400. The second-order valence-corrected chi connectivity index (χ2v) is 20.2. The van der Waals surface area contributed by atoms with Gasteiger partial charge < -0.3 is 4.90 Å². The number of carbonyl (C=O) groups is 2. The topological polar surface area (TPSA) is 59.1 Å². The first-order valence-electron chi connectivity index (χ1n) is 13.9. The predicted molar refractivity (Wildman–Crippen MR) is 171 cm³/mol. The number of amides is 2. The molecule has 0 saturated heterocycles. The predicted octanol–water partition coefficient (Wildman–Crippen LogP) is 8.40. The Morgan fingerprint density at radius 3 is 1.42 bits per heavy atom. The molecule has 0 saturated carbocycles. The van der Waals surface area contributed by atoms with Gasteiger partial charge in [0.15, 0.2) is 13.5 Å². The second-order valence-electron chi connectivity index (χ2n) is 11.3. The Labute approximate surface area is 283 Å². The second kappa shape index (κ2) is 18.0. The van der Waals surface area contributed by atoms with E-state index in [1.165, 1.54) is 25.2 Å². The molecule has 2 aromatic carbocycles. The normalized spacial score (nSPS) is 13.4. The number of halogens is 12. The number of nitrogens with zero attached hydrogens (tertiary/aromatic N) is 2. The molecule has 0 radical (unpaired) electrons. The molecule has 2 aromatic rings. The standard InChI is InChI=1S/C15H18F5NO2Si.C12H16FNOSi.C3H2F6O/c1-5-24(3,4)12-8-6-7-11(9-12)21(2)13(22)14(17,23-10-16)15(18,19)20;1-5-16(3,4)11-8-6-7-10(9-11)14(2)12(13)15;4-2(5,6)1-10-3(7,8)9/h5-9H,1,10H2,2-4H3;5-9H,1H2,2-4H3;1H2. The number of anilines is 2. The van der Waals surface area contributed by atoms with E-state index in [2.05, 4.69) is 35.7 Å². The summed E-state index contributed by atoms with van der Waals surface area (Å²) in [7, 11) is -1.32. The lowest BCUT2D eigenvalue weighted by atomic mass is 10.2. The molecule has 0 heterocycles. The number of benzene rings is 2. The number of ether oxygens (including phenoxy) is 2. The van der Waals surface area contributed by atoms with Crippen LogP contribution in [0.1, 0.15) is 0 Å². The quantitative estimate of drug-likeness (QED) is 0.105. The smallest absolute Gasteiger partial charge is 0.310 e. The lowest BCUT2D eigenvalue weighted by Crippen LogP contribution is -2.56. The zero-order valence-electron chi connectivity index (χ0n) is 27.7. The third-order valence-corrected chi connectivity index (χ3v) is 12.5. The van der Waals surface area contributed by atoms with Gasteiger partial charge in [-0.1, -0.05) is 72.2 Å². The molecule has 0 aliphatic rings. The van der Waals surface area contributed by atoms with Gasteiger partial charge in [-0.3, -0.25) is 19.2 Å². The van der Waals surface area contributed by atoms with Crippen LogP contribution in [0.25, 0.3) is 0 Å². The van der Waals surface area contributed by atoms with Crippen molar-refractivity contribution in [1.29, 1.82) is 0 Å². The van der Waals surface area contributed by atoms with Crippen LogP contribution in [-0.4, -0.2) is 80.3 Å². The van der Waals surface area contributed by atoms with Crippen molar-refractivity contribution < 1.29 is 71.7 Å². The Balaban J connectivity index is 0.000000793. The average Bonchev–Trinajstić information content (AvgIpc) is 3.02. The van der Waals surface area contributed by atoms with Gasteiger partial charge >= 0.3 is 36.6 Å². The molecule has 6 nitrogen and oxygen atoms in total. The van der Waals surface area contributed by atoms with E-state index in [0.29, 0.717) is 10.6 Å². The van der Waals surface area contributed by atoms with Crippen LogP contribution in [0.4, 0.5) is 68.9 Å². The first kappa shape index (κ1) is 46.4. The summed E-state index contributed by atoms with van der Waals surface area (Å²) in [5, 5.41) is 1.92. The van der Waals surface area contributed by atoms with Crippen LogP contribution >= 0.6 is 0 Å². The summed E-state index contributed by atoms with van der Waals surface area (Å²) in [4.78, 5) is 24.0. The summed E-state index contributed by atoms with van der Waals surface area (Å²) in [5.41, 5.74) is 4.33. The number of likely N-dealkylation sites (N-methyl/N-ethyl adjacent to an activating group) is 1. The summed E-state index contributed by atoms with van der Waals surface area (Å²) >= 11 is 0. The van der Waals surface area contributed by atoms with E-state index < -0.39 is 66.3 Å². The van der Waals surface area contributed by atoms with Crippen LogP contribution in [0.3, 0.4) is 0 Å². The van der Waals surface area contributed by atoms with Crippen LogP contribution in [0.2, 0.25) is 26.2 Å². The largest absolute Gasteiger partial charge is 0.522 e. The minimum Gasteiger partial charge on any atom is -0.310 e. The summed E-state index contributed by atoms with van der Waals surface area (Å²) in [6.07, 6.45) is -17.3. The van der Waals surface area contributed by atoms with Crippen LogP contribution in [0, 0.1) is 0 Å². The molecule has 1 unspecified atom stereocenters. The zero-order valence-corrected chi connectivity index (χ0v) is 29.7. The maximum atomic E-state index is 14.0. The number of hydrogen-bond acceptors (Lipinski definition) is 4. The van der Waals surface area contributed by atoms with Crippen molar-refractivity contribution in [2.45, 2.75) is 50.8 Å². The van der Waals surface area contributed by atoms with Crippen LogP contribution < -0.4 is 20.2 Å². The van der Waals surface area contributed by atoms with E-state index in [1.54, 1.807) is 17.8 Å². The lowest BCUT2D eigenvalue weighted by molar-refractivity contribution is -0.352. The van der Waals surface area contributed by atoms with Gasteiger partial charge in [0.25, 0.3) is 0 Å². The molecule has 50 heavy (non-hydrogen) atoms. The zero-order chi connectivity index (χ0) is 39.5. The Hall–Kier alpha value is -3.63. The maximum Gasteiger partial charge on any atom is 0.522 e. The van der Waals surface area contributed by atoms with Gasteiger partial charge in [-0.25, -0.2) is 9.18 Å². The van der Waals surface area contributed by atoms with Gasteiger partial charge in [0, 0.05) is 25.5 Å². The van der Waals surface area contributed by atoms with E-state index in [0.717, 1.165) is 22.3 Å². The maximum absolute atomic E-state index is 14.0. The van der Waals surface area contributed by atoms with Crippen molar-refractivity contribution in [1.82, 2.24) is 0 Å². The Kier molecular flexibility index (Phi) is 16.7. The van der Waals surface area contributed by atoms with Gasteiger partial charge in [0.1, 0.15) is 16.1 Å². The molecular weight excluding hydrogens is 736 g/mol.